The lowest BCUT2D eigenvalue weighted by atomic mass is 10.1. The topological polar surface area (TPSA) is 91.5 Å². The molecule has 0 bridgehead atoms. The fourth-order valence-electron chi connectivity index (χ4n) is 3.92. The van der Waals surface area contributed by atoms with Crippen molar-refractivity contribution in [3.63, 3.8) is 0 Å². The van der Waals surface area contributed by atoms with Crippen LogP contribution in [0.4, 0.5) is 0 Å². The number of aromatic nitrogens is 3. The van der Waals surface area contributed by atoms with Crippen molar-refractivity contribution < 1.29 is 4.52 Å². The maximum atomic E-state index is 5.34. The molecule has 0 saturated carbocycles. The van der Waals surface area contributed by atoms with Crippen LogP contribution in [0.3, 0.4) is 0 Å². The molecule has 2 aromatic heterocycles. The quantitative estimate of drug-likeness (QED) is 0.396. The minimum Gasteiger partial charge on any atom is -0.357 e. The summed E-state index contributed by atoms with van der Waals surface area (Å²) >= 11 is 0. The third kappa shape index (κ3) is 5.91. The van der Waals surface area contributed by atoms with Crippen LogP contribution in [0.2, 0.25) is 0 Å². The molecule has 1 atom stereocenters. The summed E-state index contributed by atoms with van der Waals surface area (Å²) in [6, 6.07) is 16.6. The second kappa shape index (κ2) is 11.4. The standard InChI is InChI=1S/C24H31N7O/c1-2-25-24(27-15-13-22-29-23(32-30-22)20-12-6-7-14-26-20)28-18-21(31-16-8-9-17-31)19-10-4-3-5-11-19/h3-7,10-12,14,21H,2,8-9,13,15-18H2,1H3,(H2,25,27,28). The van der Waals surface area contributed by atoms with E-state index >= 15 is 0 Å². The summed E-state index contributed by atoms with van der Waals surface area (Å²) in [5.41, 5.74) is 2.01. The van der Waals surface area contributed by atoms with Crippen LogP contribution in [0.25, 0.3) is 11.6 Å². The van der Waals surface area contributed by atoms with Crippen LogP contribution in [-0.2, 0) is 6.42 Å². The van der Waals surface area contributed by atoms with E-state index in [1.165, 1.54) is 18.4 Å². The molecule has 4 rings (SSSR count). The van der Waals surface area contributed by atoms with Gasteiger partial charge < -0.3 is 15.2 Å². The van der Waals surface area contributed by atoms with Crippen LogP contribution >= 0.6 is 0 Å². The zero-order valence-corrected chi connectivity index (χ0v) is 18.6. The molecule has 3 heterocycles. The van der Waals surface area contributed by atoms with Crippen LogP contribution in [-0.4, -0.2) is 58.7 Å². The van der Waals surface area contributed by atoms with Gasteiger partial charge in [0.05, 0.1) is 12.6 Å². The van der Waals surface area contributed by atoms with Crippen molar-refractivity contribution in [1.29, 1.82) is 0 Å². The smallest absolute Gasteiger partial charge is 0.276 e. The number of benzene rings is 1. The van der Waals surface area contributed by atoms with Crippen LogP contribution in [0, 0.1) is 0 Å². The number of nitrogens with one attached hydrogen (secondary N) is 2. The van der Waals surface area contributed by atoms with Gasteiger partial charge in [-0.3, -0.25) is 14.9 Å². The van der Waals surface area contributed by atoms with Crippen molar-refractivity contribution in [2.75, 3.05) is 32.7 Å². The number of nitrogens with zero attached hydrogens (tertiary/aromatic N) is 5. The SMILES string of the molecule is CCNC(=NCC(c1ccccc1)N1CCCC1)NCCc1noc(-c2ccccn2)n1. The van der Waals surface area contributed by atoms with Crippen molar-refractivity contribution in [1.82, 2.24) is 30.7 Å². The largest absolute Gasteiger partial charge is 0.357 e. The van der Waals surface area contributed by atoms with Gasteiger partial charge in [0.2, 0.25) is 0 Å². The van der Waals surface area contributed by atoms with E-state index in [4.69, 9.17) is 9.52 Å². The summed E-state index contributed by atoms with van der Waals surface area (Å²) in [6.45, 7) is 6.52. The first-order chi connectivity index (χ1) is 15.8. The molecule has 1 saturated heterocycles. The number of hydrogen-bond donors (Lipinski definition) is 2. The zero-order valence-electron chi connectivity index (χ0n) is 18.6. The molecule has 2 N–H and O–H groups in total. The van der Waals surface area contributed by atoms with Gasteiger partial charge >= 0.3 is 0 Å². The minimum absolute atomic E-state index is 0.298. The molecule has 168 valence electrons. The molecule has 0 amide bonds. The fourth-order valence-corrected chi connectivity index (χ4v) is 3.92. The third-order valence-corrected chi connectivity index (χ3v) is 5.53. The van der Waals surface area contributed by atoms with Crippen molar-refractivity contribution in [3.8, 4) is 11.6 Å². The Morgan fingerprint density at radius 3 is 2.66 bits per heavy atom. The molecule has 0 spiro atoms. The molecular formula is C24H31N7O. The normalized spacial score (nSPS) is 15.6. The first-order valence-electron chi connectivity index (χ1n) is 11.4. The Labute approximate surface area is 189 Å². The second-order valence-corrected chi connectivity index (χ2v) is 7.80. The van der Waals surface area contributed by atoms with E-state index in [2.05, 4.69) is 67.9 Å². The lowest BCUT2D eigenvalue weighted by Gasteiger charge is -2.27. The number of pyridine rings is 1. The van der Waals surface area contributed by atoms with E-state index in [0.717, 1.165) is 25.6 Å². The summed E-state index contributed by atoms with van der Waals surface area (Å²) in [6.07, 6.45) is 4.87. The Morgan fingerprint density at radius 1 is 1.09 bits per heavy atom. The Bertz CT molecular complexity index is 968. The Morgan fingerprint density at radius 2 is 1.91 bits per heavy atom. The number of guanidine groups is 1. The number of hydrogen-bond acceptors (Lipinski definition) is 6. The molecule has 0 aliphatic carbocycles. The number of likely N-dealkylation sites (tertiary alicyclic amines) is 1. The summed E-state index contributed by atoms with van der Waals surface area (Å²) in [5.74, 6) is 1.90. The predicted octanol–water partition coefficient (Wildman–Crippen LogP) is 3.07. The van der Waals surface area contributed by atoms with E-state index in [9.17, 15) is 0 Å². The molecule has 0 radical (unpaired) electrons. The van der Waals surface area contributed by atoms with Crippen LogP contribution in [0.5, 0.6) is 0 Å². The van der Waals surface area contributed by atoms with Crippen LogP contribution in [0.1, 0.15) is 37.2 Å². The molecule has 8 heteroatoms. The highest BCUT2D eigenvalue weighted by atomic mass is 16.5. The van der Waals surface area contributed by atoms with Crippen molar-refractivity contribution in [3.05, 3.63) is 66.1 Å². The Balaban J connectivity index is 1.36. The summed E-state index contributed by atoms with van der Waals surface area (Å²) in [7, 11) is 0. The van der Waals surface area contributed by atoms with Gasteiger partial charge in [-0.25, -0.2) is 0 Å². The first kappa shape index (κ1) is 22.0. The van der Waals surface area contributed by atoms with E-state index in [0.29, 0.717) is 43.0 Å². The first-order valence-corrected chi connectivity index (χ1v) is 11.4. The average molecular weight is 434 g/mol. The van der Waals surface area contributed by atoms with Gasteiger partial charge in [0.1, 0.15) is 5.69 Å². The fraction of sp³-hybridized carbons (Fsp3) is 0.417. The Hall–Kier alpha value is -3.26. The summed E-state index contributed by atoms with van der Waals surface area (Å²) in [4.78, 5) is 16.1. The second-order valence-electron chi connectivity index (χ2n) is 7.80. The maximum Gasteiger partial charge on any atom is 0.276 e. The van der Waals surface area contributed by atoms with Crippen LogP contribution < -0.4 is 10.6 Å². The maximum absolute atomic E-state index is 5.34. The molecule has 1 aromatic carbocycles. The van der Waals surface area contributed by atoms with E-state index < -0.39 is 0 Å². The highest BCUT2D eigenvalue weighted by molar-refractivity contribution is 5.79. The zero-order chi connectivity index (χ0) is 22.0. The predicted molar refractivity (Wildman–Crippen MR) is 125 cm³/mol. The highest BCUT2D eigenvalue weighted by Crippen LogP contribution is 2.25. The lowest BCUT2D eigenvalue weighted by molar-refractivity contribution is 0.251. The molecular weight excluding hydrogens is 402 g/mol. The lowest BCUT2D eigenvalue weighted by Crippen LogP contribution is -2.39. The highest BCUT2D eigenvalue weighted by Gasteiger charge is 2.23. The summed E-state index contributed by atoms with van der Waals surface area (Å²) < 4.78 is 5.34. The van der Waals surface area contributed by atoms with Crippen molar-refractivity contribution >= 4 is 5.96 Å². The van der Waals surface area contributed by atoms with Gasteiger partial charge in [0, 0.05) is 25.7 Å². The average Bonchev–Trinajstić information content (AvgIpc) is 3.53. The van der Waals surface area contributed by atoms with Gasteiger partial charge in [0.15, 0.2) is 11.8 Å². The van der Waals surface area contributed by atoms with Gasteiger partial charge in [-0.1, -0.05) is 41.6 Å². The Kier molecular flexibility index (Phi) is 7.81. The summed E-state index contributed by atoms with van der Waals surface area (Å²) in [5, 5.41) is 10.8. The van der Waals surface area contributed by atoms with Gasteiger partial charge in [-0.2, -0.15) is 4.98 Å². The molecule has 1 fully saturated rings. The van der Waals surface area contributed by atoms with Crippen molar-refractivity contribution in [2.45, 2.75) is 32.2 Å². The van der Waals surface area contributed by atoms with Crippen LogP contribution in [0.15, 0.2) is 64.2 Å². The molecule has 1 aliphatic rings. The van der Waals surface area contributed by atoms with E-state index in [1.807, 2.05) is 18.2 Å². The van der Waals surface area contributed by atoms with Crippen molar-refractivity contribution in [2.24, 2.45) is 4.99 Å². The number of rotatable bonds is 9. The van der Waals surface area contributed by atoms with E-state index in [-0.39, 0.29) is 0 Å². The van der Waals surface area contributed by atoms with E-state index in [1.54, 1.807) is 6.20 Å². The van der Waals surface area contributed by atoms with Gasteiger partial charge in [0.25, 0.3) is 5.89 Å². The molecule has 3 aromatic rings. The van der Waals surface area contributed by atoms with Gasteiger partial charge in [-0.15, -0.1) is 0 Å². The molecule has 1 unspecified atom stereocenters. The third-order valence-electron chi connectivity index (χ3n) is 5.53. The number of aliphatic imine (C=N–C) groups is 1. The molecule has 32 heavy (non-hydrogen) atoms. The monoisotopic (exact) mass is 433 g/mol. The minimum atomic E-state index is 0.298. The molecule has 8 nitrogen and oxygen atoms in total. The van der Waals surface area contributed by atoms with Gasteiger partial charge in [-0.05, 0) is 50.6 Å². The molecule has 1 aliphatic heterocycles.